The first kappa shape index (κ1) is 23.5. The van der Waals surface area contributed by atoms with Gasteiger partial charge in [0.05, 0.1) is 33.0 Å². The fraction of sp³-hybridized carbons (Fsp3) is 0.143. The molecule has 7 nitrogen and oxygen atoms in total. The normalized spacial score (nSPS) is 11.6. The van der Waals surface area contributed by atoms with Crippen molar-refractivity contribution < 1.29 is 22.4 Å². The average molecular weight is 522 g/mol. The number of thiazole rings is 2. The van der Waals surface area contributed by atoms with Crippen LogP contribution in [-0.2, 0) is 21.1 Å². The Hall–Kier alpha value is -2.67. The zero-order chi connectivity index (χ0) is 23.6. The van der Waals surface area contributed by atoms with Crippen LogP contribution in [0.4, 0.5) is 9.52 Å². The predicted octanol–water partition coefficient (Wildman–Crippen LogP) is 4.45. The Bertz CT molecular complexity index is 1450. The lowest BCUT2D eigenvalue weighted by molar-refractivity contribution is -0.115. The van der Waals surface area contributed by atoms with E-state index in [0.717, 1.165) is 6.26 Å². The molecular weight excluding hydrogens is 506 g/mol. The number of thioether (sulfide) groups is 1. The van der Waals surface area contributed by atoms with E-state index >= 15 is 0 Å². The minimum Gasteiger partial charge on any atom is -0.302 e. The molecule has 12 heteroatoms. The zero-order valence-electron chi connectivity index (χ0n) is 17.1. The van der Waals surface area contributed by atoms with Gasteiger partial charge in [0.25, 0.3) is 0 Å². The van der Waals surface area contributed by atoms with Gasteiger partial charge in [0.2, 0.25) is 5.91 Å². The maximum Gasteiger partial charge on any atom is 0.232 e. The Labute approximate surface area is 201 Å². The molecular formula is C21H16FN3O4S4. The summed E-state index contributed by atoms with van der Waals surface area (Å²) < 4.78 is 37.7. The van der Waals surface area contributed by atoms with Crippen molar-refractivity contribution in [1.82, 2.24) is 9.97 Å². The van der Waals surface area contributed by atoms with Crippen LogP contribution in [0.3, 0.4) is 0 Å². The minimum atomic E-state index is -3.33. The summed E-state index contributed by atoms with van der Waals surface area (Å²) >= 11 is 3.78. The molecule has 0 unspecified atom stereocenters. The Morgan fingerprint density at radius 2 is 1.88 bits per heavy atom. The smallest absolute Gasteiger partial charge is 0.232 e. The van der Waals surface area contributed by atoms with Crippen molar-refractivity contribution in [3.05, 3.63) is 64.9 Å². The SMILES string of the molecule is CS(=O)(=O)c1ccc2nc(NC(=O)Cc3csc(SCC(=O)c4ccc(F)cc4)n3)sc2c1. The number of hydrogen-bond acceptors (Lipinski definition) is 9. The molecule has 2 aromatic heterocycles. The number of nitrogens with one attached hydrogen (secondary N) is 1. The van der Waals surface area contributed by atoms with Crippen molar-refractivity contribution >= 4 is 71.3 Å². The van der Waals surface area contributed by atoms with Crippen molar-refractivity contribution in [3.63, 3.8) is 0 Å². The summed E-state index contributed by atoms with van der Waals surface area (Å²) in [4.78, 5) is 33.5. The summed E-state index contributed by atoms with van der Waals surface area (Å²) in [5.41, 5.74) is 1.59. The second-order valence-electron chi connectivity index (χ2n) is 6.97. The summed E-state index contributed by atoms with van der Waals surface area (Å²) in [6.07, 6.45) is 1.17. The maximum absolute atomic E-state index is 13.0. The topological polar surface area (TPSA) is 106 Å². The zero-order valence-corrected chi connectivity index (χ0v) is 20.3. The van der Waals surface area contributed by atoms with Crippen LogP contribution in [-0.4, -0.2) is 42.1 Å². The van der Waals surface area contributed by atoms with Gasteiger partial charge in [-0.25, -0.2) is 22.8 Å². The standard InChI is InChI=1S/C21H16FN3O4S4/c1-33(28,29)15-6-7-16-18(9-15)32-20(24-16)25-19(27)8-14-10-30-21(23-14)31-11-17(26)12-2-4-13(22)5-3-12/h2-7,9-10H,8,11H2,1H3,(H,24,25,27). The van der Waals surface area contributed by atoms with E-state index in [1.165, 1.54) is 70.8 Å². The van der Waals surface area contributed by atoms with E-state index in [4.69, 9.17) is 0 Å². The number of Topliss-reactive ketones (excluding diaryl/α,β-unsaturated/α-hetero) is 1. The number of ketones is 1. The number of hydrogen-bond donors (Lipinski definition) is 1. The van der Waals surface area contributed by atoms with Gasteiger partial charge in [-0.15, -0.1) is 11.3 Å². The molecule has 4 rings (SSSR count). The molecule has 0 spiro atoms. The van der Waals surface area contributed by atoms with Gasteiger partial charge in [-0.2, -0.15) is 0 Å². The first-order valence-corrected chi connectivity index (χ1v) is 14.0. The molecule has 0 aliphatic carbocycles. The summed E-state index contributed by atoms with van der Waals surface area (Å²) in [7, 11) is -3.33. The van der Waals surface area contributed by atoms with Gasteiger partial charge in [0, 0.05) is 17.2 Å². The van der Waals surface area contributed by atoms with E-state index in [1.54, 1.807) is 11.4 Å². The molecule has 33 heavy (non-hydrogen) atoms. The van der Waals surface area contributed by atoms with Crippen LogP contribution in [0.1, 0.15) is 16.1 Å². The summed E-state index contributed by atoms with van der Waals surface area (Å²) in [6, 6.07) is 10.0. The van der Waals surface area contributed by atoms with Crippen molar-refractivity contribution in [2.45, 2.75) is 15.7 Å². The summed E-state index contributed by atoms with van der Waals surface area (Å²) in [5, 5.41) is 4.84. The second-order valence-corrected chi connectivity index (χ2v) is 12.1. The highest BCUT2D eigenvalue weighted by atomic mass is 32.2. The molecule has 4 aromatic rings. The highest BCUT2D eigenvalue weighted by molar-refractivity contribution is 8.01. The number of halogens is 1. The van der Waals surface area contributed by atoms with Crippen LogP contribution >= 0.6 is 34.4 Å². The highest BCUT2D eigenvalue weighted by Gasteiger charge is 2.14. The van der Waals surface area contributed by atoms with Gasteiger partial charge in [0.15, 0.2) is 25.1 Å². The number of carbonyl (C=O) groups excluding carboxylic acids is 2. The monoisotopic (exact) mass is 521 g/mol. The minimum absolute atomic E-state index is 0.0352. The third-order valence-corrected chi connectivity index (χ3v) is 8.51. The largest absolute Gasteiger partial charge is 0.302 e. The Morgan fingerprint density at radius 3 is 2.61 bits per heavy atom. The lowest BCUT2D eigenvalue weighted by Crippen LogP contribution is -2.14. The Kier molecular flexibility index (Phi) is 6.88. The number of sulfone groups is 1. The highest BCUT2D eigenvalue weighted by Crippen LogP contribution is 2.29. The van der Waals surface area contributed by atoms with Crippen molar-refractivity contribution in [2.24, 2.45) is 0 Å². The van der Waals surface area contributed by atoms with E-state index in [2.05, 4.69) is 15.3 Å². The van der Waals surface area contributed by atoms with Crippen LogP contribution in [0.25, 0.3) is 10.2 Å². The van der Waals surface area contributed by atoms with Gasteiger partial charge >= 0.3 is 0 Å². The summed E-state index contributed by atoms with van der Waals surface area (Å²) in [5.74, 6) is -0.677. The Balaban J connectivity index is 1.34. The van der Waals surface area contributed by atoms with Crippen LogP contribution < -0.4 is 5.32 Å². The molecule has 2 aromatic carbocycles. The van der Waals surface area contributed by atoms with E-state index in [1.807, 2.05) is 0 Å². The number of rotatable bonds is 8. The average Bonchev–Trinajstić information content (AvgIpc) is 3.37. The van der Waals surface area contributed by atoms with Crippen molar-refractivity contribution in [1.29, 1.82) is 0 Å². The molecule has 2 heterocycles. The molecule has 0 aliphatic rings. The van der Waals surface area contributed by atoms with Gasteiger partial charge in [-0.3, -0.25) is 9.59 Å². The number of amides is 1. The van der Waals surface area contributed by atoms with E-state index in [9.17, 15) is 22.4 Å². The number of carbonyl (C=O) groups is 2. The third kappa shape index (κ3) is 6.02. The quantitative estimate of drug-likeness (QED) is 0.270. The fourth-order valence-corrected chi connectivity index (χ4v) is 6.18. The molecule has 0 radical (unpaired) electrons. The molecule has 0 atom stereocenters. The number of anilines is 1. The van der Waals surface area contributed by atoms with Crippen molar-refractivity contribution in [2.75, 3.05) is 17.3 Å². The fourth-order valence-electron chi connectivity index (χ4n) is 2.80. The van der Waals surface area contributed by atoms with Gasteiger partial charge in [-0.05, 0) is 42.5 Å². The van der Waals surface area contributed by atoms with Crippen LogP contribution in [0.2, 0.25) is 0 Å². The number of nitrogens with zero attached hydrogens (tertiary/aromatic N) is 2. The molecule has 0 bridgehead atoms. The predicted molar refractivity (Wildman–Crippen MR) is 129 cm³/mol. The Morgan fingerprint density at radius 1 is 1.12 bits per heavy atom. The van der Waals surface area contributed by atoms with Gasteiger partial charge < -0.3 is 5.32 Å². The first-order valence-electron chi connectivity index (χ1n) is 9.44. The summed E-state index contributed by atoms with van der Waals surface area (Å²) in [6.45, 7) is 0. The maximum atomic E-state index is 13.0. The van der Waals surface area contributed by atoms with Crippen LogP contribution in [0, 0.1) is 5.82 Å². The van der Waals surface area contributed by atoms with E-state index in [0.29, 0.717) is 30.9 Å². The molecule has 1 N–H and O–H groups in total. The second kappa shape index (κ2) is 9.67. The molecule has 0 aliphatic heterocycles. The van der Waals surface area contributed by atoms with Gasteiger partial charge in [-0.1, -0.05) is 23.1 Å². The number of aromatic nitrogens is 2. The molecule has 1 amide bonds. The molecule has 170 valence electrons. The van der Waals surface area contributed by atoms with Crippen LogP contribution in [0.15, 0.2) is 57.1 Å². The molecule has 0 saturated carbocycles. The van der Waals surface area contributed by atoms with Gasteiger partial charge in [0.1, 0.15) is 5.82 Å². The van der Waals surface area contributed by atoms with E-state index < -0.39 is 15.7 Å². The number of fused-ring (bicyclic) bond motifs is 1. The molecule has 0 fully saturated rings. The number of benzene rings is 2. The molecule has 0 saturated heterocycles. The van der Waals surface area contributed by atoms with E-state index in [-0.39, 0.29) is 28.8 Å². The third-order valence-electron chi connectivity index (χ3n) is 4.40. The lowest BCUT2D eigenvalue weighted by atomic mass is 10.1. The van der Waals surface area contributed by atoms with Crippen LogP contribution in [0.5, 0.6) is 0 Å². The lowest BCUT2D eigenvalue weighted by Gasteiger charge is -2.00. The van der Waals surface area contributed by atoms with Crippen molar-refractivity contribution in [3.8, 4) is 0 Å². The first-order chi connectivity index (χ1) is 15.7.